The third-order valence-electron chi connectivity index (χ3n) is 1.39. The summed E-state index contributed by atoms with van der Waals surface area (Å²) in [5.41, 5.74) is 2.31. The van der Waals surface area contributed by atoms with E-state index in [1.54, 1.807) is 0 Å². The fourth-order valence-electron chi connectivity index (χ4n) is 0.777. The van der Waals surface area contributed by atoms with Crippen LogP contribution in [-0.2, 0) is 0 Å². The average Bonchev–Trinajstić information content (AvgIpc) is 2.02. The molecule has 0 fully saturated rings. The molecule has 0 amide bonds. The van der Waals surface area contributed by atoms with Crippen molar-refractivity contribution in [1.29, 1.82) is 0 Å². The molecule has 0 radical (unpaired) electrons. The molecule has 0 aromatic rings. The zero-order valence-corrected chi connectivity index (χ0v) is 7.89. The molecule has 0 aromatic carbocycles. The van der Waals surface area contributed by atoms with Gasteiger partial charge in [-0.25, -0.2) is 0 Å². The highest BCUT2D eigenvalue weighted by atomic mass is 15.1. The molecule has 0 saturated heterocycles. The average molecular weight is 151 g/mol. The topological polar surface area (TPSA) is 3.24 Å². The summed E-state index contributed by atoms with van der Waals surface area (Å²) in [6.45, 7) is 9.89. The van der Waals surface area contributed by atoms with Crippen LogP contribution in [0.15, 0.2) is 36.2 Å². The lowest BCUT2D eigenvalue weighted by Crippen LogP contribution is -2.10. The van der Waals surface area contributed by atoms with Crippen molar-refractivity contribution in [3.05, 3.63) is 36.2 Å². The number of likely N-dealkylation sites (N-methyl/N-ethyl adjacent to an activating group) is 1. The summed E-state index contributed by atoms with van der Waals surface area (Å²) in [6.07, 6.45) is 6.12. The lowest BCUT2D eigenvalue weighted by atomic mass is 10.2. The molecule has 62 valence electrons. The lowest BCUT2D eigenvalue weighted by molar-refractivity contribution is 0.581. The molecule has 0 aliphatic carbocycles. The van der Waals surface area contributed by atoms with Crippen molar-refractivity contribution >= 4 is 0 Å². The summed E-state index contributed by atoms with van der Waals surface area (Å²) in [5.74, 6) is 0. The largest absolute Gasteiger partial charge is 0.351 e. The highest BCUT2D eigenvalue weighted by Crippen LogP contribution is 2.11. The van der Waals surface area contributed by atoms with Crippen LogP contribution in [0.1, 0.15) is 20.8 Å². The van der Waals surface area contributed by atoms with Gasteiger partial charge in [0.15, 0.2) is 0 Å². The summed E-state index contributed by atoms with van der Waals surface area (Å²) >= 11 is 0. The van der Waals surface area contributed by atoms with Gasteiger partial charge < -0.3 is 4.90 Å². The Balaban J connectivity index is 0.000000461. The Morgan fingerprint density at radius 2 is 1.82 bits per heavy atom. The molecular weight excluding hydrogens is 134 g/mol. The van der Waals surface area contributed by atoms with Crippen LogP contribution in [-0.4, -0.2) is 11.9 Å². The molecule has 1 rings (SSSR count). The number of allylic oxidation sites excluding steroid dienone is 3. The van der Waals surface area contributed by atoms with Crippen molar-refractivity contribution in [3.8, 4) is 0 Å². The number of hydrogen-bond acceptors (Lipinski definition) is 1. The molecule has 0 N–H and O–H groups in total. The van der Waals surface area contributed by atoms with E-state index in [0.29, 0.717) is 0 Å². The van der Waals surface area contributed by atoms with Gasteiger partial charge in [0, 0.05) is 18.9 Å². The van der Waals surface area contributed by atoms with E-state index in [2.05, 4.69) is 25.8 Å². The van der Waals surface area contributed by atoms with Crippen molar-refractivity contribution in [2.75, 3.05) is 7.05 Å². The van der Waals surface area contributed by atoms with E-state index in [0.717, 1.165) is 5.70 Å². The molecule has 0 aromatic heterocycles. The summed E-state index contributed by atoms with van der Waals surface area (Å²) in [4.78, 5) is 2.01. The smallest absolute Gasteiger partial charge is 0.0330 e. The minimum absolute atomic E-state index is 1.04. The molecule has 1 aliphatic rings. The molecule has 1 heteroatoms. The van der Waals surface area contributed by atoms with Gasteiger partial charge in [-0.2, -0.15) is 0 Å². The van der Waals surface area contributed by atoms with Gasteiger partial charge in [0.1, 0.15) is 0 Å². The van der Waals surface area contributed by atoms with E-state index in [1.165, 1.54) is 5.57 Å². The molecule has 0 saturated carbocycles. The molecule has 11 heavy (non-hydrogen) atoms. The van der Waals surface area contributed by atoms with Crippen LogP contribution >= 0.6 is 0 Å². The second-order valence-electron chi connectivity index (χ2n) is 2.31. The van der Waals surface area contributed by atoms with E-state index in [9.17, 15) is 0 Å². The summed E-state index contributed by atoms with van der Waals surface area (Å²) in [6, 6.07) is 0. The Kier molecular flexibility index (Phi) is 4.35. The maximum absolute atomic E-state index is 3.82. The zero-order valence-electron chi connectivity index (χ0n) is 7.89. The van der Waals surface area contributed by atoms with Gasteiger partial charge in [-0.1, -0.05) is 26.5 Å². The van der Waals surface area contributed by atoms with E-state index in [1.807, 2.05) is 31.9 Å². The third-order valence-corrected chi connectivity index (χ3v) is 1.39. The monoisotopic (exact) mass is 151 g/mol. The Morgan fingerprint density at radius 3 is 2.18 bits per heavy atom. The molecule has 0 unspecified atom stereocenters. The Hall–Kier alpha value is -0.980. The molecule has 1 nitrogen and oxygen atoms in total. The molecule has 0 atom stereocenters. The SMILES string of the molecule is C=C1C=CC(C)=CN1C.CC. The van der Waals surface area contributed by atoms with Crippen LogP contribution in [0.5, 0.6) is 0 Å². The van der Waals surface area contributed by atoms with E-state index in [-0.39, 0.29) is 0 Å². The Bertz CT molecular complexity index is 187. The normalized spacial score (nSPS) is 15.5. The van der Waals surface area contributed by atoms with E-state index in [4.69, 9.17) is 0 Å². The second-order valence-corrected chi connectivity index (χ2v) is 2.31. The molecule has 0 bridgehead atoms. The van der Waals surface area contributed by atoms with Crippen LogP contribution in [0.25, 0.3) is 0 Å². The first-order chi connectivity index (χ1) is 5.20. The van der Waals surface area contributed by atoms with Crippen molar-refractivity contribution in [2.45, 2.75) is 20.8 Å². The maximum Gasteiger partial charge on any atom is 0.0330 e. The number of rotatable bonds is 0. The van der Waals surface area contributed by atoms with Gasteiger partial charge in [-0.3, -0.25) is 0 Å². The van der Waals surface area contributed by atoms with Crippen LogP contribution in [0.4, 0.5) is 0 Å². The van der Waals surface area contributed by atoms with Gasteiger partial charge in [-0.05, 0) is 18.6 Å². The first-order valence-corrected chi connectivity index (χ1v) is 3.98. The first kappa shape index (κ1) is 10.0. The molecule has 1 aliphatic heterocycles. The fraction of sp³-hybridized carbons (Fsp3) is 0.400. The second kappa shape index (κ2) is 4.78. The maximum atomic E-state index is 3.82. The highest BCUT2D eigenvalue weighted by molar-refractivity contribution is 5.30. The van der Waals surface area contributed by atoms with Gasteiger partial charge in [0.2, 0.25) is 0 Å². The van der Waals surface area contributed by atoms with Crippen molar-refractivity contribution < 1.29 is 0 Å². The van der Waals surface area contributed by atoms with E-state index < -0.39 is 0 Å². The fourth-order valence-corrected chi connectivity index (χ4v) is 0.777. The van der Waals surface area contributed by atoms with Crippen molar-refractivity contribution in [2.24, 2.45) is 0 Å². The van der Waals surface area contributed by atoms with Gasteiger partial charge >= 0.3 is 0 Å². The molecule has 1 heterocycles. The van der Waals surface area contributed by atoms with Crippen molar-refractivity contribution in [3.63, 3.8) is 0 Å². The Morgan fingerprint density at radius 1 is 1.27 bits per heavy atom. The summed E-state index contributed by atoms with van der Waals surface area (Å²) < 4.78 is 0. The van der Waals surface area contributed by atoms with Gasteiger partial charge in [0.05, 0.1) is 0 Å². The minimum atomic E-state index is 1.04. The Labute approximate surface area is 69.7 Å². The van der Waals surface area contributed by atoms with Gasteiger partial charge in [0.25, 0.3) is 0 Å². The molecular formula is C10H17N. The van der Waals surface area contributed by atoms with Gasteiger partial charge in [-0.15, -0.1) is 0 Å². The lowest BCUT2D eigenvalue weighted by Gasteiger charge is -2.18. The number of nitrogens with zero attached hydrogens (tertiary/aromatic N) is 1. The first-order valence-electron chi connectivity index (χ1n) is 3.98. The predicted molar refractivity (Wildman–Crippen MR) is 51.1 cm³/mol. The summed E-state index contributed by atoms with van der Waals surface area (Å²) in [7, 11) is 2.00. The third kappa shape index (κ3) is 3.08. The van der Waals surface area contributed by atoms with Crippen LogP contribution in [0.3, 0.4) is 0 Å². The quantitative estimate of drug-likeness (QED) is 0.514. The highest BCUT2D eigenvalue weighted by Gasteiger charge is 1.98. The van der Waals surface area contributed by atoms with Crippen LogP contribution in [0.2, 0.25) is 0 Å². The predicted octanol–water partition coefficient (Wildman–Crippen LogP) is 2.93. The molecule has 0 spiro atoms. The van der Waals surface area contributed by atoms with Crippen molar-refractivity contribution in [1.82, 2.24) is 4.90 Å². The number of hydrogen-bond donors (Lipinski definition) is 0. The minimum Gasteiger partial charge on any atom is -0.351 e. The standard InChI is InChI=1S/C8H11N.C2H6/c1-7-4-5-8(2)9(3)6-7;1-2/h4-6H,2H2,1,3H3;1-2H3. The van der Waals surface area contributed by atoms with E-state index >= 15 is 0 Å². The summed E-state index contributed by atoms with van der Waals surface area (Å²) in [5, 5.41) is 0. The van der Waals surface area contributed by atoms with Crippen LogP contribution < -0.4 is 0 Å². The van der Waals surface area contributed by atoms with Crippen LogP contribution in [0, 0.1) is 0 Å². The zero-order chi connectivity index (χ0) is 8.85.